The van der Waals surface area contributed by atoms with Gasteiger partial charge in [0, 0.05) is 22.7 Å². The van der Waals surface area contributed by atoms with Crippen molar-refractivity contribution in [2.24, 2.45) is 0 Å². The van der Waals surface area contributed by atoms with Gasteiger partial charge in [-0.3, -0.25) is 4.79 Å². The van der Waals surface area contributed by atoms with Gasteiger partial charge in [0.05, 0.1) is 5.56 Å². The third-order valence-electron chi connectivity index (χ3n) is 4.93. The molecule has 0 saturated carbocycles. The maximum atomic E-state index is 13.2. The molecule has 1 fully saturated rings. The Morgan fingerprint density at radius 3 is 2.34 bits per heavy atom. The molecule has 0 aliphatic carbocycles. The zero-order valence-corrected chi connectivity index (χ0v) is 17.2. The number of halogens is 1. The number of carbonyl (C=O) groups is 1. The van der Waals surface area contributed by atoms with Crippen molar-refractivity contribution in [3.63, 3.8) is 0 Å². The van der Waals surface area contributed by atoms with Gasteiger partial charge in [-0.1, -0.05) is 0 Å². The number of nitriles is 1. The standard InChI is InChI=1S/C23H26FN3O2/c1-22(2)12-18(13-23(3,4)27-22)26-21(28)15-5-8-19(9-6-15)29-20-10-7-17(24)11-16(20)14-25/h5-11,18,27H,12-13H2,1-4H3,(H,26,28). The van der Waals surface area contributed by atoms with Crippen molar-refractivity contribution in [1.29, 1.82) is 5.26 Å². The third-order valence-corrected chi connectivity index (χ3v) is 4.93. The van der Waals surface area contributed by atoms with Crippen LogP contribution in [0.2, 0.25) is 0 Å². The van der Waals surface area contributed by atoms with Gasteiger partial charge in [0.25, 0.3) is 5.91 Å². The molecule has 152 valence electrons. The number of rotatable bonds is 4. The summed E-state index contributed by atoms with van der Waals surface area (Å²) in [5.41, 5.74) is 0.546. The zero-order chi connectivity index (χ0) is 21.2. The minimum Gasteiger partial charge on any atom is -0.456 e. The fourth-order valence-electron chi connectivity index (χ4n) is 4.17. The predicted octanol–water partition coefficient (Wildman–Crippen LogP) is 4.53. The summed E-state index contributed by atoms with van der Waals surface area (Å²) in [6, 6.07) is 12.4. The molecule has 2 aromatic carbocycles. The van der Waals surface area contributed by atoms with Gasteiger partial charge >= 0.3 is 0 Å². The van der Waals surface area contributed by atoms with Crippen LogP contribution in [-0.4, -0.2) is 23.0 Å². The van der Waals surface area contributed by atoms with Crippen molar-refractivity contribution in [2.45, 2.75) is 57.7 Å². The van der Waals surface area contributed by atoms with Gasteiger partial charge in [-0.25, -0.2) is 4.39 Å². The second kappa shape index (κ2) is 7.84. The molecule has 0 bridgehead atoms. The molecule has 1 aliphatic heterocycles. The third kappa shape index (κ3) is 5.33. The van der Waals surface area contributed by atoms with E-state index in [2.05, 4.69) is 38.3 Å². The first-order chi connectivity index (χ1) is 13.6. The summed E-state index contributed by atoms with van der Waals surface area (Å²) < 4.78 is 18.9. The zero-order valence-electron chi connectivity index (χ0n) is 17.2. The number of hydrogen-bond donors (Lipinski definition) is 2. The molecule has 5 nitrogen and oxygen atoms in total. The highest BCUT2D eigenvalue weighted by atomic mass is 19.1. The topological polar surface area (TPSA) is 74.1 Å². The Hall–Kier alpha value is -2.91. The second-order valence-corrected chi connectivity index (χ2v) is 8.85. The van der Waals surface area contributed by atoms with Crippen LogP contribution in [0.4, 0.5) is 4.39 Å². The summed E-state index contributed by atoms with van der Waals surface area (Å²) in [6.45, 7) is 8.57. The lowest BCUT2D eigenvalue weighted by atomic mass is 9.79. The van der Waals surface area contributed by atoms with Gasteiger partial charge in [0.2, 0.25) is 0 Å². The molecule has 1 aliphatic rings. The fraction of sp³-hybridized carbons (Fsp3) is 0.391. The lowest BCUT2D eigenvalue weighted by Crippen LogP contribution is -2.62. The van der Waals surface area contributed by atoms with Crippen LogP contribution < -0.4 is 15.4 Å². The molecule has 2 N–H and O–H groups in total. The van der Waals surface area contributed by atoms with Gasteiger partial charge in [-0.2, -0.15) is 5.26 Å². The molecule has 6 heteroatoms. The van der Waals surface area contributed by atoms with Crippen LogP contribution in [0.15, 0.2) is 42.5 Å². The largest absolute Gasteiger partial charge is 0.456 e. The Bertz CT molecular complexity index is 930. The summed E-state index contributed by atoms with van der Waals surface area (Å²) in [6.07, 6.45) is 1.70. The minimum atomic E-state index is -0.495. The van der Waals surface area contributed by atoms with E-state index in [4.69, 9.17) is 10.00 Å². The number of nitrogens with zero attached hydrogens (tertiary/aromatic N) is 1. The molecule has 0 radical (unpaired) electrons. The van der Waals surface area contributed by atoms with Crippen LogP contribution in [-0.2, 0) is 0 Å². The van der Waals surface area contributed by atoms with E-state index >= 15 is 0 Å². The quantitative estimate of drug-likeness (QED) is 0.798. The Labute approximate surface area is 170 Å². The summed E-state index contributed by atoms with van der Waals surface area (Å²) in [4.78, 5) is 12.7. The average Bonchev–Trinajstić information content (AvgIpc) is 2.61. The van der Waals surface area contributed by atoms with Crippen LogP contribution in [0, 0.1) is 17.1 Å². The molecular formula is C23H26FN3O2. The first-order valence-corrected chi connectivity index (χ1v) is 9.65. The monoisotopic (exact) mass is 395 g/mol. The summed E-state index contributed by atoms with van der Waals surface area (Å²) in [7, 11) is 0. The highest BCUT2D eigenvalue weighted by Crippen LogP contribution is 2.29. The van der Waals surface area contributed by atoms with Crippen LogP contribution in [0.25, 0.3) is 0 Å². The van der Waals surface area contributed by atoms with E-state index < -0.39 is 5.82 Å². The molecule has 0 atom stereocenters. The highest BCUT2D eigenvalue weighted by molar-refractivity contribution is 5.94. The lowest BCUT2D eigenvalue weighted by Gasteiger charge is -2.46. The number of nitrogens with one attached hydrogen (secondary N) is 2. The number of amides is 1. The van der Waals surface area contributed by atoms with E-state index in [0.717, 1.165) is 18.9 Å². The Morgan fingerprint density at radius 1 is 1.14 bits per heavy atom. The summed E-state index contributed by atoms with van der Waals surface area (Å²) >= 11 is 0. The van der Waals surface area contributed by atoms with Gasteiger partial charge in [0.15, 0.2) is 0 Å². The van der Waals surface area contributed by atoms with Crippen LogP contribution in [0.1, 0.15) is 56.5 Å². The average molecular weight is 395 g/mol. The van der Waals surface area contributed by atoms with Gasteiger partial charge < -0.3 is 15.4 Å². The highest BCUT2D eigenvalue weighted by Gasteiger charge is 2.38. The Balaban J connectivity index is 1.67. The first-order valence-electron chi connectivity index (χ1n) is 9.65. The van der Waals surface area contributed by atoms with E-state index in [1.54, 1.807) is 24.3 Å². The van der Waals surface area contributed by atoms with E-state index in [-0.39, 0.29) is 34.3 Å². The molecule has 1 heterocycles. The smallest absolute Gasteiger partial charge is 0.251 e. The van der Waals surface area contributed by atoms with Crippen LogP contribution >= 0.6 is 0 Å². The van der Waals surface area contributed by atoms with Crippen LogP contribution in [0.3, 0.4) is 0 Å². The molecule has 0 aromatic heterocycles. The van der Waals surface area contributed by atoms with Crippen molar-refractivity contribution < 1.29 is 13.9 Å². The normalized spacial score (nSPS) is 17.9. The van der Waals surface area contributed by atoms with E-state index in [9.17, 15) is 9.18 Å². The molecule has 29 heavy (non-hydrogen) atoms. The van der Waals surface area contributed by atoms with Gasteiger partial charge in [0.1, 0.15) is 23.4 Å². The van der Waals surface area contributed by atoms with Crippen molar-refractivity contribution in [2.75, 3.05) is 0 Å². The van der Waals surface area contributed by atoms with E-state index in [1.807, 2.05) is 6.07 Å². The summed E-state index contributed by atoms with van der Waals surface area (Å²) in [5.74, 6) is 0.110. The number of benzene rings is 2. The van der Waals surface area contributed by atoms with Crippen molar-refractivity contribution in [3.8, 4) is 17.6 Å². The SMILES string of the molecule is CC1(C)CC(NC(=O)c2ccc(Oc3ccc(F)cc3C#N)cc2)CC(C)(C)N1. The molecule has 1 saturated heterocycles. The lowest BCUT2D eigenvalue weighted by molar-refractivity contribution is 0.0873. The van der Waals surface area contributed by atoms with Crippen LogP contribution in [0.5, 0.6) is 11.5 Å². The maximum Gasteiger partial charge on any atom is 0.251 e. The molecule has 1 amide bonds. The van der Waals surface area contributed by atoms with E-state index in [0.29, 0.717) is 11.3 Å². The maximum absolute atomic E-state index is 13.2. The number of piperidine rings is 1. The van der Waals surface area contributed by atoms with Gasteiger partial charge in [-0.15, -0.1) is 0 Å². The van der Waals surface area contributed by atoms with Crippen molar-refractivity contribution in [3.05, 3.63) is 59.4 Å². The van der Waals surface area contributed by atoms with Crippen molar-refractivity contribution >= 4 is 5.91 Å². The molecule has 3 rings (SSSR count). The van der Waals surface area contributed by atoms with Gasteiger partial charge in [-0.05, 0) is 83.0 Å². The second-order valence-electron chi connectivity index (χ2n) is 8.85. The molecule has 2 aromatic rings. The number of hydrogen-bond acceptors (Lipinski definition) is 4. The predicted molar refractivity (Wildman–Crippen MR) is 109 cm³/mol. The summed E-state index contributed by atoms with van der Waals surface area (Å²) in [5, 5.41) is 15.9. The number of ether oxygens (including phenoxy) is 1. The Morgan fingerprint density at radius 2 is 1.76 bits per heavy atom. The van der Waals surface area contributed by atoms with Crippen molar-refractivity contribution in [1.82, 2.24) is 10.6 Å². The fourth-order valence-corrected chi connectivity index (χ4v) is 4.17. The van der Waals surface area contributed by atoms with E-state index in [1.165, 1.54) is 12.1 Å². The minimum absolute atomic E-state index is 0.0506. The first kappa shape index (κ1) is 20.8. The molecular weight excluding hydrogens is 369 g/mol. The number of carbonyl (C=O) groups excluding carboxylic acids is 1. The molecule has 0 unspecified atom stereocenters. The Kier molecular flexibility index (Phi) is 5.63. The molecule has 0 spiro atoms.